The topological polar surface area (TPSA) is 64.5 Å². The highest BCUT2D eigenvalue weighted by Gasteiger charge is 2.30. The summed E-state index contributed by atoms with van der Waals surface area (Å²) in [5.41, 5.74) is 3.69. The van der Waals surface area contributed by atoms with Gasteiger partial charge in [0.1, 0.15) is 18.1 Å². The Labute approximate surface area is 158 Å². The number of hydrogen-bond donors (Lipinski definition) is 1. The van der Waals surface area contributed by atoms with Crippen molar-refractivity contribution in [2.45, 2.75) is 26.1 Å². The molecule has 27 heavy (non-hydrogen) atoms. The maximum absolute atomic E-state index is 10.9. The van der Waals surface area contributed by atoms with Crippen LogP contribution in [0.3, 0.4) is 0 Å². The molecule has 0 saturated carbocycles. The Bertz CT molecular complexity index is 914. The van der Waals surface area contributed by atoms with Crippen LogP contribution >= 0.6 is 0 Å². The van der Waals surface area contributed by atoms with Crippen molar-refractivity contribution in [2.24, 2.45) is 5.92 Å². The fourth-order valence-corrected chi connectivity index (χ4v) is 3.35. The lowest BCUT2D eigenvalue weighted by Crippen LogP contribution is -2.27. The third kappa shape index (κ3) is 4.09. The van der Waals surface area contributed by atoms with Crippen molar-refractivity contribution in [1.29, 1.82) is 0 Å². The lowest BCUT2D eigenvalue weighted by molar-refractivity contribution is 0.0504. The Morgan fingerprint density at radius 1 is 1.19 bits per heavy atom. The molecule has 5 heteroatoms. The second-order valence-corrected chi connectivity index (χ2v) is 6.84. The van der Waals surface area contributed by atoms with Gasteiger partial charge in [-0.2, -0.15) is 0 Å². The van der Waals surface area contributed by atoms with Crippen LogP contribution in [0.2, 0.25) is 0 Å². The van der Waals surface area contributed by atoms with E-state index in [1.165, 1.54) is 0 Å². The van der Waals surface area contributed by atoms with Crippen LogP contribution in [-0.4, -0.2) is 21.7 Å². The highest BCUT2D eigenvalue weighted by molar-refractivity contribution is 5.43. The van der Waals surface area contributed by atoms with Crippen LogP contribution in [-0.2, 0) is 13.0 Å². The molecule has 1 N–H and O–H groups in total. The fraction of sp³-hybridized carbons (Fsp3) is 0.273. The first-order chi connectivity index (χ1) is 13.2. The van der Waals surface area contributed by atoms with Crippen LogP contribution in [0, 0.1) is 12.8 Å². The lowest BCUT2D eigenvalue weighted by Gasteiger charge is -2.30. The van der Waals surface area contributed by atoms with Gasteiger partial charge in [0.15, 0.2) is 0 Å². The molecule has 0 unspecified atom stereocenters. The Kier molecular flexibility index (Phi) is 5.03. The third-order valence-corrected chi connectivity index (χ3v) is 4.75. The summed E-state index contributed by atoms with van der Waals surface area (Å²) in [6, 6.07) is 15.4. The van der Waals surface area contributed by atoms with Crippen LogP contribution in [0.1, 0.15) is 28.6 Å². The van der Waals surface area contributed by atoms with Crippen molar-refractivity contribution < 1.29 is 14.6 Å². The summed E-state index contributed by atoms with van der Waals surface area (Å²) in [6.07, 6.45) is 3.69. The molecule has 5 nitrogen and oxygen atoms in total. The normalized spacial score (nSPS) is 18.4. The van der Waals surface area contributed by atoms with E-state index in [0.29, 0.717) is 31.1 Å². The van der Waals surface area contributed by atoms with Crippen molar-refractivity contribution in [1.82, 2.24) is 9.97 Å². The van der Waals surface area contributed by atoms with Gasteiger partial charge >= 0.3 is 0 Å². The zero-order valence-electron chi connectivity index (χ0n) is 15.2. The Balaban J connectivity index is 1.47. The van der Waals surface area contributed by atoms with Gasteiger partial charge in [-0.3, -0.25) is 9.97 Å². The lowest BCUT2D eigenvalue weighted by atomic mass is 9.88. The van der Waals surface area contributed by atoms with Crippen molar-refractivity contribution in [3.63, 3.8) is 0 Å². The summed E-state index contributed by atoms with van der Waals surface area (Å²) in [7, 11) is 0. The Morgan fingerprint density at radius 2 is 2.11 bits per heavy atom. The molecule has 138 valence electrons. The zero-order valence-corrected chi connectivity index (χ0v) is 15.2. The van der Waals surface area contributed by atoms with Gasteiger partial charge in [-0.25, -0.2) is 0 Å². The highest BCUT2D eigenvalue weighted by Crippen LogP contribution is 2.38. The minimum absolute atomic E-state index is 0.0182. The number of fused-ring (bicyclic) bond motifs is 1. The molecule has 0 amide bonds. The molecule has 0 fully saturated rings. The first kappa shape index (κ1) is 17.5. The molecule has 0 saturated heterocycles. The second kappa shape index (κ2) is 7.76. The SMILES string of the molecule is Cc1cccc(COc2ccc3c(c2)[C@@H](O)[C@H](Cc2cccnc2)CO3)n1. The summed E-state index contributed by atoms with van der Waals surface area (Å²) >= 11 is 0. The number of aliphatic hydroxyl groups excluding tert-OH is 1. The Morgan fingerprint density at radius 3 is 2.93 bits per heavy atom. The molecule has 0 spiro atoms. The van der Waals surface area contributed by atoms with Crippen molar-refractivity contribution in [2.75, 3.05) is 6.61 Å². The number of hydrogen-bond acceptors (Lipinski definition) is 5. The van der Waals surface area contributed by atoms with E-state index in [0.717, 1.165) is 22.5 Å². The average Bonchev–Trinajstić information content (AvgIpc) is 2.70. The smallest absolute Gasteiger partial charge is 0.130 e. The summed E-state index contributed by atoms with van der Waals surface area (Å²) in [5, 5.41) is 10.9. The number of pyridine rings is 2. The zero-order chi connectivity index (χ0) is 18.6. The van der Waals surface area contributed by atoms with Gasteiger partial charge in [0, 0.05) is 29.6 Å². The maximum atomic E-state index is 10.9. The number of aliphatic hydroxyl groups is 1. The molecule has 1 aromatic carbocycles. The summed E-state index contributed by atoms with van der Waals surface area (Å²) < 4.78 is 11.7. The van der Waals surface area contributed by atoms with Gasteiger partial charge < -0.3 is 14.6 Å². The van der Waals surface area contributed by atoms with E-state index in [1.807, 2.05) is 61.7 Å². The molecule has 3 heterocycles. The standard InChI is InChI=1S/C22H22N2O3/c1-15-4-2-6-18(24-15)14-26-19-7-8-21-20(11-19)22(25)17(13-27-21)10-16-5-3-9-23-12-16/h2-9,11-12,17,22,25H,10,13-14H2,1H3/t17-,22+/m1/s1. The van der Waals surface area contributed by atoms with E-state index in [1.54, 1.807) is 6.20 Å². The molecular formula is C22H22N2O3. The number of aromatic nitrogens is 2. The molecule has 4 rings (SSSR count). The third-order valence-electron chi connectivity index (χ3n) is 4.75. The second-order valence-electron chi connectivity index (χ2n) is 6.84. The summed E-state index contributed by atoms with van der Waals surface area (Å²) in [4.78, 5) is 8.59. The van der Waals surface area contributed by atoms with Crippen LogP contribution in [0.25, 0.3) is 0 Å². The summed E-state index contributed by atoms with van der Waals surface area (Å²) in [6.45, 7) is 2.82. The predicted molar refractivity (Wildman–Crippen MR) is 102 cm³/mol. The van der Waals surface area contributed by atoms with Gasteiger partial charge in [0.2, 0.25) is 0 Å². The quantitative estimate of drug-likeness (QED) is 0.751. The number of aryl methyl sites for hydroxylation is 1. The van der Waals surface area contributed by atoms with Crippen molar-refractivity contribution >= 4 is 0 Å². The molecule has 0 bridgehead atoms. The van der Waals surface area contributed by atoms with E-state index < -0.39 is 6.10 Å². The highest BCUT2D eigenvalue weighted by atomic mass is 16.5. The van der Waals surface area contributed by atoms with Gasteiger partial charge in [0.05, 0.1) is 18.4 Å². The minimum atomic E-state index is -0.602. The van der Waals surface area contributed by atoms with Gasteiger partial charge in [-0.05, 0) is 55.3 Å². The molecule has 1 aliphatic rings. The molecule has 3 aromatic rings. The predicted octanol–water partition coefficient (Wildman–Crippen LogP) is 3.65. The van der Waals surface area contributed by atoms with Gasteiger partial charge in [-0.15, -0.1) is 0 Å². The largest absolute Gasteiger partial charge is 0.493 e. The number of nitrogens with zero attached hydrogens (tertiary/aromatic N) is 2. The molecule has 0 aliphatic carbocycles. The molecule has 0 radical (unpaired) electrons. The van der Waals surface area contributed by atoms with E-state index in [2.05, 4.69) is 9.97 Å². The fourth-order valence-electron chi connectivity index (χ4n) is 3.35. The average molecular weight is 362 g/mol. The van der Waals surface area contributed by atoms with Crippen molar-refractivity contribution in [3.05, 3.63) is 83.4 Å². The van der Waals surface area contributed by atoms with E-state index >= 15 is 0 Å². The molecule has 2 atom stereocenters. The number of ether oxygens (including phenoxy) is 2. The number of benzene rings is 1. The van der Waals surface area contributed by atoms with E-state index in [-0.39, 0.29) is 5.92 Å². The summed E-state index contributed by atoms with van der Waals surface area (Å²) in [5.74, 6) is 1.39. The minimum Gasteiger partial charge on any atom is -0.493 e. The van der Waals surface area contributed by atoms with E-state index in [9.17, 15) is 5.11 Å². The van der Waals surface area contributed by atoms with Gasteiger partial charge in [0.25, 0.3) is 0 Å². The first-order valence-electron chi connectivity index (χ1n) is 9.08. The monoisotopic (exact) mass is 362 g/mol. The maximum Gasteiger partial charge on any atom is 0.130 e. The first-order valence-corrected chi connectivity index (χ1v) is 9.08. The van der Waals surface area contributed by atoms with Crippen molar-refractivity contribution in [3.8, 4) is 11.5 Å². The van der Waals surface area contributed by atoms with Crippen LogP contribution in [0.4, 0.5) is 0 Å². The van der Waals surface area contributed by atoms with Crippen LogP contribution in [0.5, 0.6) is 11.5 Å². The number of rotatable bonds is 5. The molecule has 2 aromatic heterocycles. The van der Waals surface area contributed by atoms with Gasteiger partial charge in [-0.1, -0.05) is 12.1 Å². The Hall–Kier alpha value is -2.92. The molecule has 1 aliphatic heterocycles. The van der Waals surface area contributed by atoms with Crippen LogP contribution < -0.4 is 9.47 Å². The van der Waals surface area contributed by atoms with Crippen LogP contribution in [0.15, 0.2) is 60.9 Å². The van der Waals surface area contributed by atoms with E-state index in [4.69, 9.17) is 9.47 Å². The molecular weight excluding hydrogens is 340 g/mol.